The lowest BCUT2D eigenvalue weighted by atomic mass is 10.3. The standard InChI is InChI=1S/C12H19N5OS/c1-5-13-10(18)8(4)17-11-9(14-12(17)19)7(3)15-16(11)6-2/h8H,5-6H2,1-4H3,(H,13,18)(H,14,19). The third kappa shape index (κ3) is 2.18. The van der Waals surface area contributed by atoms with Crippen LogP contribution in [-0.4, -0.2) is 31.8 Å². The number of carbonyl (C=O) groups excluding carboxylic acids is 1. The molecule has 1 atom stereocenters. The summed E-state index contributed by atoms with van der Waals surface area (Å²) in [5.74, 6) is -0.0407. The third-order valence-electron chi connectivity index (χ3n) is 3.20. The number of aryl methyl sites for hydroxylation is 2. The van der Waals surface area contributed by atoms with Crippen LogP contribution in [0.1, 0.15) is 32.5 Å². The second kappa shape index (κ2) is 5.16. The van der Waals surface area contributed by atoms with Crippen LogP contribution in [0.5, 0.6) is 0 Å². The van der Waals surface area contributed by atoms with E-state index in [-0.39, 0.29) is 11.9 Å². The van der Waals surface area contributed by atoms with Crippen molar-refractivity contribution in [3.05, 3.63) is 10.5 Å². The lowest BCUT2D eigenvalue weighted by Gasteiger charge is -2.14. The fraction of sp³-hybridized carbons (Fsp3) is 0.583. The molecule has 0 fully saturated rings. The number of imidazole rings is 1. The number of hydrogen-bond acceptors (Lipinski definition) is 3. The molecule has 0 saturated carbocycles. The zero-order valence-corrected chi connectivity index (χ0v) is 12.5. The second-order valence-electron chi connectivity index (χ2n) is 4.47. The van der Waals surface area contributed by atoms with Crippen molar-refractivity contribution < 1.29 is 4.79 Å². The van der Waals surface area contributed by atoms with Gasteiger partial charge in [0.2, 0.25) is 5.91 Å². The van der Waals surface area contributed by atoms with E-state index in [0.717, 1.165) is 23.4 Å². The molecule has 0 radical (unpaired) electrons. The van der Waals surface area contributed by atoms with Crippen molar-refractivity contribution in [3.8, 4) is 0 Å². The van der Waals surface area contributed by atoms with Crippen LogP contribution in [0.2, 0.25) is 0 Å². The Balaban J connectivity index is 2.62. The van der Waals surface area contributed by atoms with Gasteiger partial charge in [-0.05, 0) is 39.9 Å². The van der Waals surface area contributed by atoms with Crippen LogP contribution < -0.4 is 5.32 Å². The molecule has 104 valence electrons. The number of aromatic amines is 1. The molecule has 2 rings (SSSR count). The highest BCUT2D eigenvalue weighted by atomic mass is 32.1. The van der Waals surface area contributed by atoms with Crippen molar-refractivity contribution in [1.29, 1.82) is 0 Å². The molecule has 19 heavy (non-hydrogen) atoms. The molecule has 0 aliphatic heterocycles. The molecule has 0 bridgehead atoms. The number of nitrogens with one attached hydrogen (secondary N) is 2. The van der Waals surface area contributed by atoms with Gasteiger partial charge in [-0.2, -0.15) is 5.10 Å². The van der Waals surface area contributed by atoms with Gasteiger partial charge in [-0.25, -0.2) is 4.68 Å². The number of rotatable bonds is 4. The smallest absolute Gasteiger partial charge is 0.242 e. The Labute approximate surface area is 116 Å². The number of hydrogen-bond donors (Lipinski definition) is 2. The zero-order valence-electron chi connectivity index (χ0n) is 11.6. The number of aromatic nitrogens is 4. The van der Waals surface area contributed by atoms with Crippen LogP contribution in [0.25, 0.3) is 11.2 Å². The summed E-state index contributed by atoms with van der Waals surface area (Å²) in [6.45, 7) is 9.03. The molecular formula is C12H19N5OS. The van der Waals surface area contributed by atoms with E-state index < -0.39 is 0 Å². The number of carbonyl (C=O) groups is 1. The summed E-state index contributed by atoms with van der Waals surface area (Å²) in [6.07, 6.45) is 0. The largest absolute Gasteiger partial charge is 0.355 e. The molecule has 0 aromatic carbocycles. The molecule has 0 saturated heterocycles. The Kier molecular flexibility index (Phi) is 3.75. The maximum atomic E-state index is 12.0. The first-order chi connectivity index (χ1) is 9.01. The van der Waals surface area contributed by atoms with Gasteiger partial charge in [0.05, 0.1) is 5.69 Å². The average Bonchev–Trinajstić information content (AvgIpc) is 2.86. The van der Waals surface area contributed by atoms with Gasteiger partial charge in [-0.1, -0.05) is 0 Å². The summed E-state index contributed by atoms with van der Waals surface area (Å²) < 4.78 is 4.25. The minimum Gasteiger partial charge on any atom is -0.355 e. The first-order valence-corrected chi connectivity index (χ1v) is 6.87. The predicted molar refractivity (Wildman–Crippen MR) is 76.7 cm³/mol. The van der Waals surface area contributed by atoms with Gasteiger partial charge >= 0.3 is 0 Å². The van der Waals surface area contributed by atoms with Crippen LogP contribution in [0.3, 0.4) is 0 Å². The maximum Gasteiger partial charge on any atom is 0.242 e. The molecule has 0 spiro atoms. The predicted octanol–water partition coefficient (Wildman–Crippen LogP) is 1.92. The van der Waals surface area contributed by atoms with E-state index in [1.54, 1.807) is 0 Å². The average molecular weight is 281 g/mol. The van der Waals surface area contributed by atoms with E-state index >= 15 is 0 Å². The van der Waals surface area contributed by atoms with Gasteiger partial charge in [0, 0.05) is 13.1 Å². The van der Waals surface area contributed by atoms with Crippen molar-refractivity contribution >= 4 is 29.3 Å². The molecule has 2 heterocycles. The maximum absolute atomic E-state index is 12.0. The highest BCUT2D eigenvalue weighted by Gasteiger charge is 2.21. The molecule has 7 heteroatoms. The van der Waals surface area contributed by atoms with Crippen molar-refractivity contribution in [1.82, 2.24) is 24.6 Å². The summed E-state index contributed by atoms with van der Waals surface area (Å²) in [7, 11) is 0. The first kappa shape index (κ1) is 13.8. The summed E-state index contributed by atoms with van der Waals surface area (Å²) >= 11 is 5.34. The Morgan fingerprint density at radius 2 is 2.21 bits per heavy atom. The normalized spacial score (nSPS) is 12.8. The van der Waals surface area contributed by atoms with Crippen LogP contribution in [0, 0.1) is 11.7 Å². The van der Waals surface area contributed by atoms with E-state index in [2.05, 4.69) is 15.4 Å². The molecule has 1 unspecified atom stereocenters. The van der Waals surface area contributed by atoms with Crippen LogP contribution >= 0.6 is 12.2 Å². The number of fused-ring (bicyclic) bond motifs is 1. The highest BCUT2D eigenvalue weighted by Crippen LogP contribution is 2.22. The lowest BCUT2D eigenvalue weighted by molar-refractivity contribution is -0.123. The Morgan fingerprint density at radius 3 is 2.79 bits per heavy atom. The van der Waals surface area contributed by atoms with Gasteiger partial charge < -0.3 is 10.3 Å². The van der Waals surface area contributed by atoms with E-state index in [1.807, 2.05) is 36.9 Å². The number of likely N-dealkylation sites (N-methyl/N-ethyl adjacent to an activating group) is 1. The van der Waals surface area contributed by atoms with Gasteiger partial charge in [0.1, 0.15) is 11.6 Å². The fourth-order valence-electron chi connectivity index (χ4n) is 2.24. The number of nitrogens with zero attached hydrogens (tertiary/aromatic N) is 3. The van der Waals surface area contributed by atoms with E-state index in [4.69, 9.17) is 12.2 Å². The van der Waals surface area contributed by atoms with Gasteiger partial charge in [0.15, 0.2) is 10.4 Å². The van der Waals surface area contributed by atoms with Crippen LogP contribution in [-0.2, 0) is 11.3 Å². The van der Waals surface area contributed by atoms with Gasteiger partial charge in [-0.3, -0.25) is 9.36 Å². The minimum absolute atomic E-state index is 0.0407. The Bertz CT molecular complexity index is 665. The number of amides is 1. The first-order valence-electron chi connectivity index (χ1n) is 6.46. The van der Waals surface area contributed by atoms with E-state index in [0.29, 0.717) is 11.3 Å². The Hall–Kier alpha value is -1.63. The quantitative estimate of drug-likeness (QED) is 0.841. The van der Waals surface area contributed by atoms with Crippen LogP contribution in [0.4, 0.5) is 0 Å². The van der Waals surface area contributed by atoms with Crippen LogP contribution in [0.15, 0.2) is 0 Å². The summed E-state index contributed by atoms with van der Waals surface area (Å²) in [5, 5.41) is 7.26. The highest BCUT2D eigenvalue weighted by molar-refractivity contribution is 7.71. The molecule has 6 nitrogen and oxygen atoms in total. The van der Waals surface area contributed by atoms with Gasteiger partial charge in [0.25, 0.3) is 0 Å². The van der Waals surface area contributed by atoms with E-state index in [9.17, 15) is 4.79 Å². The van der Waals surface area contributed by atoms with Gasteiger partial charge in [-0.15, -0.1) is 0 Å². The Morgan fingerprint density at radius 1 is 1.53 bits per heavy atom. The van der Waals surface area contributed by atoms with Crippen molar-refractivity contribution in [2.24, 2.45) is 0 Å². The summed E-state index contributed by atoms with van der Waals surface area (Å²) in [4.78, 5) is 15.2. The SMILES string of the molecule is CCNC(=O)C(C)n1c(=S)[nH]c2c(C)nn(CC)c21. The third-order valence-corrected chi connectivity index (χ3v) is 3.50. The molecule has 2 aromatic rings. The topological polar surface area (TPSA) is 67.6 Å². The molecule has 2 N–H and O–H groups in total. The van der Waals surface area contributed by atoms with Crippen molar-refractivity contribution in [2.75, 3.05) is 6.54 Å². The molecule has 0 aliphatic carbocycles. The molecule has 0 aliphatic rings. The minimum atomic E-state index is -0.359. The molecular weight excluding hydrogens is 262 g/mol. The van der Waals surface area contributed by atoms with Crippen molar-refractivity contribution in [3.63, 3.8) is 0 Å². The molecule has 2 aromatic heterocycles. The summed E-state index contributed by atoms with van der Waals surface area (Å²) in [6, 6.07) is -0.359. The zero-order chi connectivity index (χ0) is 14.2. The lowest BCUT2D eigenvalue weighted by Crippen LogP contribution is -2.31. The van der Waals surface area contributed by atoms with Crippen molar-refractivity contribution in [2.45, 2.75) is 40.3 Å². The molecule has 1 amide bonds. The monoisotopic (exact) mass is 281 g/mol. The summed E-state index contributed by atoms with van der Waals surface area (Å²) in [5.41, 5.74) is 2.68. The van der Waals surface area contributed by atoms with E-state index in [1.165, 1.54) is 0 Å². The fourth-order valence-corrected chi connectivity index (χ4v) is 2.59. The number of H-pyrrole nitrogens is 1. The second-order valence-corrected chi connectivity index (χ2v) is 4.86.